The Morgan fingerprint density at radius 3 is 2.12 bits per heavy atom. The third-order valence-electron chi connectivity index (χ3n) is 4.37. The van der Waals surface area contributed by atoms with E-state index in [0.29, 0.717) is 5.92 Å². The molecule has 0 aliphatic carbocycles. The van der Waals surface area contributed by atoms with Crippen molar-refractivity contribution in [1.82, 2.24) is 0 Å². The molecule has 136 valence electrons. The molecule has 0 aromatic heterocycles. The maximum Gasteiger partial charge on any atom is 0.573 e. The molecule has 0 unspecified atom stereocenters. The average Bonchev–Trinajstić information content (AvgIpc) is 2.52. The van der Waals surface area contributed by atoms with Crippen LogP contribution in [0.2, 0.25) is 0 Å². The van der Waals surface area contributed by atoms with Crippen LogP contribution in [0.1, 0.15) is 50.3 Å². The number of ether oxygens (including phenoxy) is 2. The lowest BCUT2D eigenvalue weighted by atomic mass is 9.77. The number of hydrogen-bond acceptors (Lipinski definition) is 2. The summed E-state index contributed by atoms with van der Waals surface area (Å²) >= 11 is 0. The number of hydrogen-bond donors (Lipinski definition) is 0. The minimum atomic E-state index is -4.70. The van der Waals surface area contributed by atoms with Gasteiger partial charge in [-0.05, 0) is 40.8 Å². The lowest BCUT2D eigenvalue weighted by Gasteiger charge is -2.28. The van der Waals surface area contributed by atoms with Crippen molar-refractivity contribution in [3.63, 3.8) is 0 Å². The molecule has 2 aromatic rings. The molecular formula is C20H23F3O2. The second-order valence-electron chi connectivity index (χ2n) is 6.81. The van der Waals surface area contributed by atoms with Crippen LogP contribution in [0.15, 0.2) is 42.5 Å². The van der Waals surface area contributed by atoms with Gasteiger partial charge >= 0.3 is 6.36 Å². The quantitative estimate of drug-likeness (QED) is 0.653. The van der Waals surface area contributed by atoms with Gasteiger partial charge in [0.1, 0.15) is 11.5 Å². The normalized spacial score (nSPS) is 12.4. The minimum absolute atomic E-state index is 0.219. The molecule has 0 N–H and O–H groups in total. The summed E-state index contributed by atoms with van der Waals surface area (Å²) in [4.78, 5) is 0. The van der Waals surface area contributed by atoms with Gasteiger partial charge in [-0.2, -0.15) is 0 Å². The van der Waals surface area contributed by atoms with Crippen LogP contribution in [0.3, 0.4) is 0 Å². The van der Waals surface area contributed by atoms with Gasteiger partial charge in [-0.15, -0.1) is 13.2 Å². The van der Waals surface area contributed by atoms with Gasteiger partial charge in [-0.3, -0.25) is 0 Å². The summed E-state index contributed by atoms with van der Waals surface area (Å²) in [5.74, 6) is 0.878. The highest BCUT2D eigenvalue weighted by atomic mass is 19.4. The minimum Gasteiger partial charge on any atom is -0.496 e. The summed E-state index contributed by atoms with van der Waals surface area (Å²) in [7, 11) is 1.62. The summed E-state index contributed by atoms with van der Waals surface area (Å²) in [5, 5.41) is 0. The van der Waals surface area contributed by atoms with Crippen LogP contribution in [-0.4, -0.2) is 13.5 Å². The molecule has 0 bridgehead atoms. The zero-order valence-corrected chi connectivity index (χ0v) is 15.1. The number of halogens is 3. The fraction of sp³-hybridized carbons (Fsp3) is 0.400. The molecule has 0 aliphatic heterocycles. The highest BCUT2D eigenvalue weighted by molar-refractivity contribution is 5.47. The van der Waals surface area contributed by atoms with E-state index in [1.807, 2.05) is 32.0 Å². The van der Waals surface area contributed by atoms with Crippen LogP contribution < -0.4 is 9.47 Å². The van der Waals surface area contributed by atoms with E-state index in [2.05, 4.69) is 18.6 Å². The van der Waals surface area contributed by atoms with Crippen LogP contribution in [0.5, 0.6) is 11.5 Å². The molecule has 0 aliphatic rings. The molecule has 2 nitrogen and oxygen atoms in total. The molecular weight excluding hydrogens is 329 g/mol. The van der Waals surface area contributed by atoms with Gasteiger partial charge in [0, 0.05) is 5.41 Å². The van der Waals surface area contributed by atoms with Crippen molar-refractivity contribution < 1.29 is 22.6 Å². The zero-order chi connectivity index (χ0) is 18.8. The maximum atomic E-state index is 12.5. The molecule has 5 heteroatoms. The van der Waals surface area contributed by atoms with Gasteiger partial charge in [0.05, 0.1) is 7.11 Å². The van der Waals surface area contributed by atoms with Crippen molar-refractivity contribution in [3.05, 3.63) is 59.2 Å². The van der Waals surface area contributed by atoms with Crippen molar-refractivity contribution in [2.45, 2.75) is 45.4 Å². The highest BCUT2D eigenvalue weighted by Gasteiger charge is 2.32. The predicted molar refractivity (Wildman–Crippen MR) is 92.3 cm³/mol. The molecule has 0 amide bonds. The fourth-order valence-electron chi connectivity index (χ4n) is 2.83. The second kappa shape index (κ2) is 6.98. The van der Waals surface area contributed by atoms with Gasteiger partial charge in [-0.1, -0.05) is 52.0 Å². The Morgan fingerprint density at radius 2 is 1.56 bits per heavy atom. The summed E-state index contributed by atoms with van der Waals surface area (Å²) < 4.78 is 47.0. The van der Waals surface area contributed by atoms with E-state index >= 15 is 0 Å². The summed E-state index contributed by atoms with van der Waals surface area (Å²) in [5.41, 5.74) is 2.27. The van der Waals surface area contributed by atoms with Crippen LogP contribution in [0.4, 0.5) is 13.2 Å². The van der Waals surface area contributed by atoms with Crippen molar-refractivity contribution in [3.8, 4) is 11.5 Å². The predicted octanol–water partition coefficient (Wildman–Crippen LogP) is 6.04. The second-order valence-corrected chi connectivity index (χ2v) is 6.81. The first-order valence-corrected chi connectivity index (χ1v) is 8.09. The molecule has 0 atom stereocenters. The van der Waals surface area contributed by atoms with E-state index in [9.17, 15) is 13.2 Å². The van der Waals surface area contributed by atoms with Crippen molar-refractivity contribution in [2.75, 3.05) is 7.11 Å². The van der Waals surface area contributed by atoms with E-state index in [4.69, 9.17) is 4.74 Å². The average molecular weight is 352 g/mol. The number of benzene rings is 2. The zero-order valence-electron chi connectivity index (χ0n) is 15.1. The standard InChI is InChI=1S/C20H23F3O2/c1-13(2)17-10-9-15(12-18(17)24-5)19(3,4)14-7-6-8-16(11-14)25-20(21,22)23/h6-13H,1-5H3. The van der Waals surface area contributed by atoms with Crippen LogP contribution in [0, 0.1) is 0 Å². The lowest BCUT2D eigenvalue weighted by molar-refractivity contribution is -0.274. The third kappa shape index (κ3) is 4.47. The summed E-state index contributed by atoms with van der Waals surface area (Å²) in [6.45, 7) is 8.09. The number of rotatable bonds is 5. The maximum absolute atomic E-state index is 12.5. The topological polar surface area (TPSA) is 18.5 Å². The Morgan fingerprint density at radius 1 is 0.920 bits per heavy atom. The molecule has 0 spiro atoms. The SMILES string of the molecule is COc1cc(C(C)(C)c2cccc(OC(F)(F)F)c2)ccc1C(C)C. The number of methoxy groups -OCH3 is 1. The molecule has 25 heavy (non-hydrogen) atoms. The van der Waals surface area contributed by atoms with Crippen LogP contribution in [0.25, 0.3) is 0 Å². The molecule has 0 saturated heterocycles. The largest absolute Gasteiger partial charge is 0.573 e. The molecule has 0 radical (unpaired) electrons. The van der Waals surface area contributed by atoms with Gasteiger partial charge < -0.3 is 9.47 Å². The molecule has 0 heterocycles. The Kier molecular flexibility index (Phi) is 5.35. The van der Waals surface area contributed by atoms with Crippen LogP contribution >= 0.6 is 0 Å². The fourth-order valence-corrected chi connectivity index (χ4v) is 2.83. The van der Waals surface area contributed by atoms with E-state index < -0.39 is 11.8 Å². The third-order valence-corrected chi connectivity index (χ3v) is 4.37. The Hall–Kier alpha value is -2.17. The summed E-state index contributed by atoms with van der Waals surface area (Å²) in [6.07, 6.45) is -4.70. The first-order valence-electron chi connectivity index (χ1n) is 8.09. The van der Waals surface area contributed by atoms with Gasteiger partial charge in [0.2, 0.25) is 0 Å². The number of alkyl halides is 3. The van der Waals surface area contributed by atoms with E-state index in [1.54, 1.807) is 19.2 Å². The van der Waals surface area contributed by atoms with E-state index in [1.165, 1.54) is 12.1 Å². The van der Waals surface area contributed by atoms with Crippen LogP contribution in [-0.2, 0) is 5.41 Å². The van der Waals surface area contributed by atoms with Gasteiger partial charge in [0.25, 0.3) is 0 Å². The first-order chi connectivity index (χ1) is 11.5. The monoisotopic (exact) mass is 352 g/mol. The van der Waals surface area contributed by atoms with E-state index in [-0.39, 0.29) is 5.75 Å². The Bertz CT molecular complexity index is 734. The highest BCUT2D eigenvalue weighted by Crippen LogP contribution is 2.37. The molecule has 0 fully saturated rings. The van der Waals surface area contributed by atoms with Crippen molar-refractivity contribution >= 4 is 0 Å². The Labute approximate surface area is 146 Å². The van der Waals surface area contributed by atoms with Crippen molar-refractivity contribution in [2.24, 2.45) is 0 Å². The Balaban J connectivity index is 2.43. The van der Waals surface area contributed by atoms with E-state index in [0.717, 1.165) is 22.4 Å². The summed E-state index contributed by atoms with van der Waals surface area (Å²) in [6, 6.07) is 12.0. The lowest BCUT2D eigenvalue weighted by Crippen LogP contribution is -2.21. The molecule has 2 rings (SSSR count). The van der Waals surface area contributed by atoms with Gasteiger partial charge in [-0.25, -0.2) is 0 Å². The molecule has 2 aromatic carbocycles. The van der Waals surface area contributed by atoms with Gasteiger partial charge in [0.15, 0.2) is 0 Å². The van der Waals surface area contributed by atoms with Crippen molar-refractivity contribution in [1.29, 1.82) is 0 Å². The first kappa shape index (κ1) is 19.2. The molecule has 0 saturated carbocycles. The smallest absolute Gasteiger partial charge is 0.496 e.